The number of para-hydroxylation sites is 1. The molecule has 0 bridgehead atoms. The molecule has 1 aromatic heterocycles. The molecule has 0 aliphatic heterocycles. The van der Waals surface area contributed by atoms with E-state index in [1.165, 1.54) is 110 Å². The van der Waals surface area contributed by atoms with E-state index in [-0.39, 0.29) is 0 Å². The molecule has 0 atom stereocenters. The second-order valence-corrected chi connectivity index (χ2v) is 19.6. The molecule has 2 aliphatic rings. The van der Waals surface area contributed by atoms with Crippen molar-refractivity contribution in [2.24, 2.45) is 0 Å². The van der Waals surface area contributed by atoms with Crippen LogP contribution in [0.1, 0.15) is 22.3 Å². The number of fused-ring (bicyclic) bond motifs is 14. The highest BCUT2D eigenvalue weighted by Crippen LogP contribution is 2.63. The number of anilines is 3. The summed E-state index contributed by atoms with van der Waals surface area (Å²) >= 11 is 0. The second kappa shape index (κ2) is 16.3. The van der Waals surface area contributed by atoms with Crippen LogP contribution < -0.4 is 4.90 Å². The van der Waals surface area contributed by atoms with Crippen LogP contribution in [-0.2, 0) is 5.41 Å². The minimum atomic E-state index is -0.435. The molecule has 1 spiro atoms. The lowest BCUT2D eigenvalue weighted by molar-refractivity contribution is 0.793. The molecule has 0 N–H and O–H groups in total. The third kappa shape index (κ3) is 6.30. The fourth-order valence-corrected chi connectivity index (χ4v) is 12.5. The molecule has 0 radical (unpaired) electrons. The highest BCUT2D eigenvalue weighted by atomic mass is 15.1. The third-order valence-corrected chi connectivity index (χ3v) is 15.8. The molecular weight excluding hydrogens is 881 g/mol. The molecule has 0 saturated heterocycles. The van der Waals surface area contributed by atoms with Crippen molar-refractivity contribution < 1.29 is 0 Å². The van der Waals surface area contributed by atoms with E-state index in [0.717, 1.165) is 22.7 Å². The minimum absolute atomic E-state index is 0.435. The number of benzene rings is 12. The Labute approximate surface area is 425 Å². The zero-order valence-electron chi connectivity index (χ0n) is 40.0. The van der Waals surface area contributed by atoms with Crippen LogP contribution in [0.15, 0.2) is 279 Å². The number of hydrogen-bond donors (Lipinski definition) is 0. The molecule has 15 rings (SSSR count). The van der Waals surface area contributed by atoms with Crippen LogP contribution >= 0.6 is 0 Å². The van der Waals surface area contributed by atoms with Gasteiger partial charge in [-0.15, -0.1) is 0 Å². The van der Waals surface area contributed by atoms with Gasteiger partial charge in [0.25, 0.3) is 0 Å². The fraction of sp³-hybridized carbons (Fsp3) is 0.0141. The Kier molecular flexibility index (Phi) is 9.21. The van der Waals surface area contributed by atoms with Crippen molar-refractivity contribution in [3.05, 3.63) is 301 Å². The fourth-order valence-electron chi connectivity index (χ4n) is 12.5. The molecular formula is C71H46N2. The molecule has 13 aromatic rings. The number of hydrogen-bond acceptors (Lipinski definition) is 1. The molecule has 0 unspecified atom stereocenters. The first-order chi connectivity index (χ1) is 36.2. The average Bonchev–Trinajstić information content (AvgIpc) is 4.07. The summed E-state index contributed by atoms with van der Waals surface area (Å²) in [6, 6.07) is 103. The van der Waals surface area contributed by atoms with Gasteiger partial charge in [0, 0.05) is 33.5 Å². The molecule has 340 valence electrons. The van der Waals surface area contributed by atoms with Crippen LogP contribution in [0.2, 0.25) is 0 Å². The van der Waals surface area contributed by atoms with Gasteiger partial charge in [0.2, 0.25) is 0 Å². The molecule has 2 nitrogen and oxygen atoms in total. The van der Waals surface area contributed by atoms with Gasteiger partial charge < -0.3 is 9.47 Å². The first-order valence-corrected chi connectivity index (χ1v) is 25.3. The maximum atomic E-state index is 2.48. The van der Waals surface area contributed by atoms with Crippen molar-refractivity contribution in [1.82, 2.24) is 4.57 Å². The predicted octanol–water partition coefficient (Wildman–Crippen LogP) is 18.8. The summed E-state index contributed by atoms with van der Waals surface area (Å²) in [4.78, 5) is 2.44. The molecule has 2 heteroatoms. The van der Waals surface area contributed by atoms with E-state index in [9.17, 15) is 0 Å². The number of nitrogens with zero attached hydrogens (tertiary/aromatic N) is 2. The van der Waals surface area contributed by atoms with Crippen molar-refractivity contribution in [3.63, 3.8) is 0 Å². The van der Waals surface area contributed by atoms with Crippen molar-refractivity contribution in [2.75, 3.05) is 4.90 Å². The molecule has 12 aromatic carbocycles. The Morgan fingerprint density at radius 1 is 0.260 bits per heavy atom. The third-order valence-electron chi connectivity index (χ3n) is 15.8. The van der Waals surface area contributed by atoms with Gasteiger partial charge in [-0.1, -0.05) is 206 Å². The highest BCUT2D eigenvalue weighted by molar-refractivity contribution is 6.10. The molecule has 0 fully saturated rings. The summed E-state index contributed by atoms with van der Waals surface area (Å²) in [6.07, 6.45) is 0. The van der Waals surface area contributed by atoms with Crippen LogP contribution in [-0.4, -0.2) is 4.57 Å². The highest BCUT2D eigenvalue weighted by Gasteiger charge is 2.51. The topological polar surface area (TPSA) is 8.17 Å². The van der Waals surface area contributed by atoms with E-state index in [1.54, 1.807) is 0 Å². The summed E-state index contributed by atoms with van der Waals surface area (Å²) in [6.45, 7) is 0. The Bertz CT molecular complexity index is 4250. The summed E-state index contributed by atoms with van der Waals surface area (Å²) in [5.41, 5.74) is 24.2. The van der Waals surface area contributed by atoms with E-state index in [2.05, 4.69) is 289 Å². The summed E-state index contributed by atoms with van der Waals surface area (Å²) in [5, 5.41) is 4.92. The maximum Gasteiger partial charge on any atom is 0.0726 e. The lowest BCUT2D eigenvalue weighted by atomic mass is 9.70. The standard InChI is InChI=1S/C71H46N2/c1-2-15-47(16-3-1)49-29-37-56(38-30-49)73-69-28-13-9-24-63(69)64-45-54(34-42-70(64)73)52-20-14-19-51(43-52)50-31-35-55(36-32-50)72(57-39-33-48-17-4-5-18-53(48)44-57)58-40-41-62-61-23-8-12-27-67(61)71(68(62)46-58)65-25-10-6-21-59(65)60-22-7-11-26-66(60)71/h1-46H. The van der Waals surface area contributed by atoms with Gasteiger partial charge in [0.1, 0.15) is 0 Å². The molecule has 73 heavy (non-hydrogen) atoms. The Hall–Kier alpha value is -9.50. The van der Waals surface area contributed by atoms with Gasteiger partial charge in [0.15, 0.2) is 0 Å². The van der Waals surface area contributed by atoms with E-state index in [0.29, 0.717) is 0 Å². The zero-order valence-corrected chi connectivity index (χ0v) is 40.0. The van der Waals surface area contributed by atoms with Gasteiger partial charge in [0.05, 0.1) is 16.4 Å². The van der Waals surface area contributed by atoms with Gasteiger partial charge in [-0.3, -0.25) is 0 Å². The molecule has 0 saturated carbocycles. The van der Waals surface area contributed by atoms with Crippen LogP contribution in [0.25, 0.3) is 93.9 Å². The largest absolute Gasteiger partial charge is 0.310 e. The van der Waals surface area contributed by atoms with Crippen LogP contribution in [0, 0.1) is 0 Å². The zero-order chi connectivity index (χ0) is 48.0. The molecule has 1 heterocycles. The Morgan fingerprint density at radius 3 is 1.47 bits per heavy atom. The van der Waals surface area contributed by atoms with Crippen LogP contribution in [0.4, 0.5) is 17.1 Å². The van der Waals surface area contributed by atoms with Gasteiger partial charge in [-0.05, 0) is 161 Å². The average molecular weight is 927 g/mol. The van der Waals surface area contributed by atoms with Gasteiger partial charge >= 0.3 is 0 Å². The maximum absolute atomic E-state index is 2.48. The summed E-state index contributed by atoms with van der Waals surface area (Å²) < 4.78 is 2.40. The lowest BCUT2D eigenvalue weighted by Crippen LogP contribution is -2.26. The second-order valence-electron chi connectivity index (χ2n) is 19.6. The van der Waals surface area contributed by atoms with Gasteiger partial charge in [-0.2, -0.15) is 0 Å². The quantitative estimate of drug-likeness (QED) is 0.155. The van der Waals surface area contributed by atoms with Crippen LogP contribution in [0.3, 0.4) is 0 Å². The summed E-state index contributed by atoms with van der Waals surface area (Å²) in [7, 11) is 0. The molecule has 2 aliphatic carbocycles. The van der Waals surface area contributed by atoms with Crippen molar-refractivity contribution in [1.29, 1.82) is 0 Å². The predicted molar refractivity (Wildman–Crippen MR) is 306 cm³/mol. The van der Waals surface area contributed by atoms with Gasteiger partial charge in [-0.25, -0.2) is 0 Å². The number of rotatable bonds is 7. The lowest BCUT2D eigenvalue weighted by Gasteiger charge is -2.32. The van der Waals surface area contributed by atoms with Crippen molar-refractivity contribution in [2.45, 2.75) is 5.41 Å². The van der Waals surface area contributed by atoms with E-state index in [4.69, 9.17) is 0 Å². The minimum Gasteiger partial charge on any atom is -0.310 e. The van der Waals surface area contributed by atoms with Crippen molar-refractivity contribution in [3.8, 4) is 61.3 Å². The van der Waals surface area contributed by atoms with E-state index in [1.807, 2.05) is 0 Å². The SMILES string of the molecule is c1ccc(-c2ccc(-n3c4ccccc4c4cc(-c5cccc(-c6ccc(N(c7ccc8c(c7)C7(c9ccccc9-c9ccccc97)c7ccccc7-8)c7ccc8ccccc8c7)cc6)c5)ccc43)cc2)cc1. The Balaban J connectivity index is 0.819. The normalized spacial score (nSPS) is 12.8. The van der Waals surface area contributed by atoms with E-state index < -0.39 is 5.41 Å². The molecule has 0 amide bonds. The number of aromatic nitrogens is 1. The van der Waals surface area contributed by atoms with E-state index >= 15 is 0 Å². The van der Waals surface area contributed by atoms with Crippen molar-refractivity contribution >= 4 is 49.6 Å². The van der Waals surface area contributed by atoms with Crippen LogP contribution in [0.5, 0.6) is 0 Å². The summed E-state index contributed by atoms with van der Waals surface area (Å²) in [5.74, 6) is 0. The Morgan fingerprint density at radius 2 is 0.740 bits per heavy atom. The first kappa shape index (κ1) is 41.3. The monoisotopic (exact) mass is 926 g/mol. The smallest absolute Gasteiger partial charge is 0.0726 e. The first-order valence-electron chi connectivity index (χ1n) is 25.3.